The summed E-state index contributed by atoms with van der Waals surface area (Å²) in [5, 5.41) is 0. The van der Waals surface area contributed by atoms with Crippen LogP contribution in [-0.2, 0) is 14.3 Å². The summed E-state index contributed by atoms with van der Waals surface area (Å²) >= 11 is 0. The Bertz CT molecular complexity index is 180. The molecule has 0 saturated heterocycles. The van der Waals surface area contributed by atoms with E-state index in [0.717, 1.165) is 0 Å². The minimum Gasteiger partial charge on any atom is -0.466 e. The molecule has 0 N–H and O–H groups in total. The van der Waals surface area contributed by atoms with Gasteiger partial charge in [-0.05, 0) is 13.3 Å². The summed E-state index contributed by atoms with van der Waals surface area (Å²) in [6.45, 7) is 4.31. The van der Waals surface area contributed by atoms with E-state index in [4.69, 9.17) is 4.74 Å². The van der Waals surface area contributed by atoms with Crippen molar-refractivity contribution in [3.05, 3.63) is 0 Å². The number of carbonyl (C=O) groups is 2. The molecular formula is C9H17NO3. The average molecular weight is 187 g/mol. The van der Waals surface area contributed by atoms with Crippen molar-refractivity contribution in [3.8, 4) is 0 Å². The van der Waals surface area contributed by atoms with E-state index < -0.39 is 0 Å². The molecule has 4 heteroatoms. The molecule has 0 radical (unpaired) electrons. The topological polar surface area (TPSA) is 46.6 Å². The maximum absolute atomic E-state index is 10.9. The van der Waals surface area contributed by atoms with E-state index in [1.807, 2.05) is 0 Å². The van der Waals surface area contributed by atoms with Crippen LogP contribution in [-0.4, -0.2) is 37.0 Å². The van der Waals surface area contributed by atoms with Gasteiger partial charge in [-0.15, -0.1) is 0 Å². The molecule has 0 aliphatic carbocycles. The van der Waals surface area contributed by atoms with Crippen LogP contribution in [0.4, 0.5) is 0 Å². The summed E-state index contributed by atoms with van der Waals surface area (Å²) in [6.07, 6.45) is 1.04. The fourth-order valence-corrected chi connectivity index (χ4v) is 0.851. The predicted molar refractivity (Wildman–Crippen MR) is 49.2 cm³/mol. The SMILES string of the molecule is CCOC(=O)CCCN(C)C(C)=O. The third kappa shape index (κ3) is 6.13. The maximum atomic E-state index is 10.9. The van der Waals surface area contributed by atoms with Gasteiger partial charge in [-0.2, -0.15) is 0 Å². The first-order valence-corrected chi connectivity index (χ1v) is 4.45. The van der Waals surface area contributed by atoms with Crippen LogP contribution < -0.4 is 0 Å². The van der Waals surface area contributed by atoms with Crippen LogP contribution in [0.3, 0.4) is 0 Å². The Morgan fingerprint density at radius 3 is 2.46 bits per heavy atom. The van der Waals surface area contributed by atoms with E-state index in [9.17, 15) is 9.59 Å². The number of nitrogens with zero attached hydrogens (tertiary/aromatic N) is 1. The molecule has 0 aromatic heterocycles. The molecule has 1 amide bonds. The van der Waals surface area contributed by atoms with E-state index >= 15 is 0 Å². The van der Waals surface area contributed by atoms with Crippen molar-refractivity contribution in [2.75, 3.05) is 20.2 Å². The van der Waals surface area contributed by atoms with Gasteiger partial charge in [0.25, 0.3) is 0 Å². The highest BCUT2D eigenvalue weighted by atomic mass is 16.5. The van der Waals surface area contributed by atoms with Crippen LogP contribution in [0.2, 0.25) is 0 Å². The summed E-state index contributed by atoms with van der Waals surface area (Å²) in [6, 6.07) is 0. The zero-order valence-corrected chi connectivity index (χ0v) is 8.50. The van der Waals surface area contributed by atoms with E-state index in [-0.39, 0.29) is 11.9 Å². The van der Waals surface area contributed by atoms with Crippen molar-refractivity contribution in [1.82, 2.24) is 4.90 Å². The monoisotopic (exact) mass is 187 g/mol. The number of hydrogen-bond acceptors (Lipinski definition) is 3. The average Bonchev–Trinajstić information content (AvgIpc) is 2.04. The number of hydrogen-bond donors (Lipinski definition) is 0. The second-order valence-corrected chi connectivity index (χ2v) is 2.85. The second kappa shape index (κ2) is 6.46. The molecule has 0 aliphatic rings. The first-order valence-electron chi connectivity index (χ1n) is 4.45. The molecule has 0 fully saturated rings. The van der Waals surface area contributed by atoms with Gasteiger partial charge in [-0.3, -0.25) is 9.59 Å². The van der Waals surface area contributed by atoms with Gasteiger partial charge in [0.1, 0.15) is 0 Å². The normalized spacial score (nSPS) is 9.46. The molecule has 0 aliphatic heterocycles. The van der Waals surface area contributed by atoms with Crippen LogP contribution in [0.25, 0.3) is 0 Å². The second-order valence-electron chi connectivity index (χ2n) is 2.85. The highest BCUT2D eigenvalue weighted by molar-refractivity contribution is 5.73. The minimum absolute atomic E-state index is 0.0175. The van der Waals surface area contributed by atoms with Gasteiger partial charge in [0, 0.05) is 26.9 Å². The van der Waals surface area contributed by atoms with Crippen molar-refractivity contribution in [3.63, 3.8) is 0 Å². The smallest absolute Gasteiger partial charge is 0.305 e. The molecular weight excluding hydrogens is 170 g/mol. The minimum atomic E-state index is -0.195. The molecule has 4 nitrogen and oxygen atoms in total. The summed E-state index contributed by atoms with van der Waals surface area (Å²) in [5.74, 6) is -0.177. The molecule has 0 spiro atoms. The van der Waals surface area contributed by atoms with E-state index in [1.54, 1.807) is 18.9 Å². The molecule has 0 bridgehead atoms. The Morgan fingerprint density at radius 1 is 1.38 bits per heavy atom. The Labute approximate surface area is 78.9 Å². The molecule has 0 aromatic carbocycles. The Balaban J connectivity index is 3.44. The van der Waals surface area contributed by atoms with Crippen LogP contribution in [0.5, 0.6) is 0 Å². The zero-order chi connectivity index (χ0) is 10.3. The van der Waals surface area contributed by atoms with Crippen LogP contribution in [0.15, 0.2) is 0 Å². The molecule has 0 rings (SSSR count). The summed E-state index contributed by atoms with van der Waals surface area (Å²) in [5.41, 5.74) is 0. The Kier molecular flexibility index (Phi) is 5.93. The lowest BCUT2D eigenvalue weighted by Gasteiger charge is -2.13. The number of rotatable bonds is 5. The largest absolute Gasteiger partial charge is 0.466 e. The molecule has 0 unspecified atom stereocenters. The fourth-order valence-electron chi connectivity index (χ4n) is 0.851. The van der Waals surface area contributed by atoms with E-state index in [1.165, 1.54) is 6.92 Å². The summed E-state index contributed by atoms with van der Waals surface area (Å²) < 4.78 is 4.74. The number of amides is 1. The maximum Gasteiger partial charge on any atom is 0.305 e. The van der Waals surface area contributed by atoms with Crippen LogP contribution >= 0.6 is 0 Å². The lowest BCUT2D eigenvalue weighted by atomic mass is 10.3. The van der Waals surface area contributed by atoms with Gasteiger partial charge in [0.05, 0.1) is 6.61 Å². The quantitative estimate of drug-likeness (QED) is 0.598. The van der Waals surface area contributed by atoms with Crippen molar-refractivity contribution in [1.29, 1.82) is 0 Å². The van der Waals surface area contributed by atoms with E-state index in [0.29, 0.717) is 26.0 Å². The Hall–Kier alpha value is -1.06. The highest BCUT2D eigenvalue weighted by Gasteiger charge is 2.04. The van der Waals surface area contributed by atoms with Crippen molar-refractivity contribution in [2.45, 2.75) is 26.7 Å². The van der Waals surface area contributed by atoms with Gasteiger partial charge < -0.3 is 9.64 Å². The molecule has 76 valence electrons. The van der Waals surface area contributed by atoms with Crippen molar-refractivity contribution < 1.29 is 14.3 Å². The number of ether oxygens (including phenoxy) is 1. The molecule has 0 aromatic rings. The first kappa shape index (κ1) is 11.9. The zero-order valence-electron chi connectivity index (χ0n) is 8.50. The van der Waals surface area contributed by atoms with Crippen molar-refractivity contribution in [2.24, 2.45) is 0 Å². The fraction of sp³-hybridized carbons (Fsp3) is 0.778. The van der Waals surface area contributed by atoms with Gasteiger partial charge in [-0.25, -0.2) is 0 Å². The number of esters is 1. The molecule has 0 heterocycles. The van der Waals surface area contributed by atoms with Crippen LogP contribution in [0.1, 0.15) is 26.7 Å². The lowest BCUT2D eigenvalue weighted by Crippen LogP contribution is -2.25. The molecule has 0 atom stereocenters. The van der Waals surface area contributed by atoms with Crippen molar-refractivity contribution >= 4 is 11.9 Å². The standard InChI is InChI=1S/C9H17NO3/c1-4-13-9(12)6-5-7-10(3)8(2)11/h4-7H2,1-3H3. The summed E-state index contributed by atoms with van der Waals surface area (Å²) in [7, 11) is 1.72. The predicted octanol–water partition coefficient (Wildman–Crippen LogP) is 0.808. The van der Waals surface area contributed by atoms with Crippen LogP contribution in [0, 0.1) is 0 Å². The third-order valence-corrected chi connectivity index (χ3v) is 1.72. The molecule has 0 saturated carbocycles. The summed E-state index contributed by atoms with van der Waals surface area (Å²) in [4.78, 5) is 23.2. The van der Waals surface area contributed by atoms with E-state index in [2.05, 4.69) is 0 Å². The lowest BCUT2D eigenvalue weighted by molar-refractivity contribution is -0.143. The molecule has 13 heavy (non-hydrogen) atoms. The van der Waals surface area contributed by atoms with Gasteiger partial charge in [-0.1, -0.05) is 0 Å². The number of carbonyl (C=O) groups excluding carboxylic acids is 2. The Morgan fingerprint density at radius 2 is 2.00 bits per heavy atom. The van der Waals surface area contributed by atoms with Gasteiger partial charge >= 0.3 is 5.97 Å². The first-order chi connectivity index (χ1) is 6.07. The van der Waals surface area contributed by atoms with Gasteiger partial charge in [0.15, 0.2) is 0 Å². The highest BCUT2D eigenvalue weighted by Crippen LogP contribution is 1.95. The third-order valence-electron chi connectivity index (χ3n) is 1.72. The van der Waals surface area contributed by atoms with Gasteiger partial charge in [0.2, 0.25) is 5.91 Å².